The van der Waals surface area contributed by atoms with Gasteiger partial charge in [-0.1, -0.05) is 12.1 Å². The second-order valence-electron chi connectivity index (χ2n) is 5.69. The van der Waals surface area contributed by atoms with E-state index in [4.69, 9.17) is 9.63 Å². The third kappa shape index (κ3) is 4.54. The lowest BCUT2D eigenvalue weighted by molar-refractivity contribution is -0.139. The molecule has 0 saturated carbocycles. The van der Waals surface area contributed by atoms with E-state index in [0.717, 1.165) is 25.7 Å². The number of hydrogen-bond donors (Lipinski definition) is 1. The smallest absolute Gasteiger partial charge is 0.305 e. The maximum Gasteiger partial charge on any atom is 0.305 e. The van der Waals surface area contributed by atoms with Crippen LogP contribution in [0.1, 0.15) is 57.2 Å². The van der Waals surface area contributed by atoms with E-state index in [2.05, 4.69) is 17.1 Å². The van der Waals surface area contributed by atoms with Gasteiger partial charge in [-0.3, -0.25) is 9.59 Å². The van der Waals surface area contributed by atoms with Crippen LogP contribution in [0.5, 0.6) is 0 Å². The van der Waals surface area contributed by atoms with Gasteiger partial charge in [0.15, 0.2) is 5.82 Å². The van der Waals surface area contributed by atoms with Crippen molar-refractivity contribution in [3.05, 3.63) is 11.7 Å². The molecule has 1 N–H and O–H groups in total. The highest BCUT2D eigenvalue weighted by molar-refractivity contribution is 5.78. The summed E-state index contributed by atoms with van der Waals surface area (Å²) in [5, 5.41) is 12.8. The molecule has 1 atom stereocenters. The predicted octanol–water partition coefficient (Wildman–Crippen LogP) is 1.81. The molecule has 1 aromatic heterocycles. The molecule has 1 unspecified atom stereocenters. The van der Waals surface area contributed by atoms with Crippen molar-refractivity contribution in [2.75, 3.05) is 6.54 Å². The molecule has 1 fully saturated rings. The number of carbonyl (C=O) groups is 2. The molecule has 22 heavy (non-hydrogen) atoms. The Morgan fingerprint density at radius 2 is 2.23 bits per heavy atom. The summed E-state index contributed by atoms with van der Waals surface area (Å²) < 4.78 is 5.13. The Balaban J connectivity index is 1.75. The Morgan fingerprint density at radius 3 is 2.95 bits per heavy atom. The molecule has 1 aromatic rings. The summed E-state index contributed by atoms with van der Waals surface area (Å²) in [4.78, 5) is 29.0. The van der Waals surface area contributed by atoms with Crippen molar-refractivity contribution >= 4 is 11.9 Å². The summed E-state index contributed by atoms with van der Waals surface area (Å²) >= 11 is 0. The van der Waals surface area contributed by atoms with Gasteiger partial charge in [0.25, 0.3) is 0 Å². The van der Waals surface area contributed by atoms with Crippen molar-refractivity contribution in [3.63, 3.8) is 0 Å². The van der Waals surface area contributed by atoms with Crippen LogP contribution in [0, 0.1) is 0 Å². The number of amides is 1. The van der Waals surface area contributed by atoms with E-state index in [1.807, 2.05) is 0 Å². The van der Waals surface area contributed by atoms with Gasteiger partial charge in [-0.15, -0.1) is 0 Å². The van der Waals surface area contributed by atoms with Gasteiger partial charge >= 0.3 is 5.97 Å². The number of hydrogen-bond acceptors (Lipinski definition) is 5. The zero-order valence-electron chi connectivity index (χ0n) is 13.0. The molecular formula is C15H23N3O4. The third-order valence-electron chi connectivity index (χ3n) is 3.87. The highest BCUT2D eigenvalue weighted by Crippen LogP contribution is 2.21. The number of carbonyl (C=O) groups excluding carboxylic acids is 1. The minimum Gasteiger partial charge on any atom is -0.481 e. The van der Waals surface area contributed by atoms with Crippen molar-refractivity contribution in [2.45, 2.75) is 64.3 Å². The largest absolute Gasteiger partial charge is 0.481 e. The second-order valence-corrected chi connectivity index (χ2v) is 5.69. The molecule has 0 spiro atoms. The van der Waals surface area contributed by atoms with Gasteiger partial charge < -0.3 is 14.5 Å². The zero-order valence-corrected chi connectivity index (χ0v) is 13.0. The number of likely N-dealkylation sites (tertiary alicyclic amines) is 1. The lowest BCUT2D eigenvalue weighted by atomic mass is 10.1. The van der Waals surface area contributed by atoms with Gasteiger partial charge in [-0.05, 0) is 25.7 Å². The number of carboxylic acid groups (broad SMARTS) is 1. The normalized spacial score (nSPS) is 17.9. The van der Waals surface area contributed by atoms with E-state index < -0.39 is 5.97 Å². The minimum atomic E-state index is -0.848. The van der Waals surface area contributed by atoms with E-state index in [9.17, 15) is 9.59 Å². The van der Waals surface area contributed by atoms with Crippen molar-refractivity contribution in [3.8, 4) is 0 Å². The van der Waals surface area contributed by atoms with Crippen LogP contribution in [0.15, 0.2) is 4.52 Å². The van der Waals surface area contributed by atoms with Crippen molar-refractivity contribution in [1.29, 1.82) is 0 Å². The summed E-state index contributed by atoms with van der Waals surface area (Å²) in [7, 11) is 0. The third-order valence-corrected chi connectivity index (χ3v) is 3.87. The van der Waals surface area contributed by atoms with Crippen LogP contribution in [0.3, 0.4) is 0 Å². The topological polar surface area (TPSA) is 96.5 Å². The number of rotatable bonds is 8. The monoisotopic (exact) mass is 309 g/mol. The van der Waals surface area contributed by atoms with Gasteiger partial charge in [-0.2, -0.15) is 4.98 Å². The number of carboxylic acids is 1. The molecule has 2 heterocycles. The molecule has 7 nitrogen and oxygen atoms in total. The van der Waals surface area contributed by atoms with Gasteiger partial charge in [0, 0.05) is 31.8 Å². The van der Waals surface area contributed by atoms with Crippen LogP contribution in [0.25, 0.3) is 0 Å². The maximum atomic E-state index is 12.2. The first-order chi connectivity index (χ1) is 10.6. The van der Waals surface area contributed by atoms with Crippen LogP contribution in [-0.2, 0) is 22.4 Å². The van der Waals surface area contributed by atoms with E-state index in [1.54, 1.807) is 4.90 Å². The lowest BCUT2D eigenvalue weighted by Crippen LogP contribution is -2.36. The SMILES string of the molecule is CCCc1noc(CCCC(=O)N2CCCC2CC(=O)O)n1. The lowest BCUT2D eigenvalue weighted by Gasteiger charge is -2.23. The average molecular weight is 309 g/mol. The van der Waals surface area contributed by atoms with Gasteiger partial charge in [-0.25, -0.2) is 0 Å². The average Bonchev–Trinajstić information content (AvgIpc) is 3.08. The number of nitrogens with zero attached hydrogens (tertiary/aromatic N) is 3. The highest BCUT2D eigenvalue weighted by Gasteiger charge is 2.29. The van der Waals surface area contributed by atoms with E-state index >= 15 is 0 Å². The Labute approximate surface area is 129 Å². The van der Waals surface area contributed by atoms with Crippen molar-refractivity contribution in [1.82, 2.24) is 15.0 Å². The highest BCUT2D eigenvalue weighted by atomic mass is 16.5. The van der Waals surface area contributed by atoms with Gasteiger partial charge in [0.05, 0.1) is 6.42 Å². The molecule has 1 saturated heterocycles. The Hall–Kier alpha value is -1.92. The van der Waals surface area contributed by atoms with Crippen LogP contribution in [0.2, 0.25) is 0 Å². The molecule has 0 aromatic carbocycles. The molecule has 122 valence electrons. The zero-order chi connectivity index (χ0) is 15.9. The van der Waals surface area contributed by atoms with E-state index in [1.165, 1.54) is 0 Å². The fraction of sp³-hybridized carbons (Fsp3) is 0.733. The number of aromatic nitrogens is 2. The van der Waals surface area contributed by atoms with Gasteiger partial charge in [0.1, 0.15) is 0 Å². The van der Waals surface area contributed by atoms with Crippen molar-refractivity contribution in [2.24, 2.45) is 0 Å². The first-order valence-corrected chi connectivity index (χ1v) is 7.93. The summed E-state index contributed by atoms with van der Waals surface area (Å²) in [5.74, 6) is 0.459. The quantitative estimate of drug-likeness (QED) is 0.786. The number of aliphatic carboxylic acids is 1. The Bertz CT molecular complexity index is 515. The Morgan fingerprint density at radius 1 is 1.41 bits per heavy atom. The molecule has 0 radical (unpaired) electrons. The van der Waals surface area contributed by atoms with E-state index in [-0.39, 0.29) is 18.4 Å². The standard InChI is InChI=1S/C15H23N3O4/c1-2-5-12-16-13(22-17-12)7-3-8-14(19)18-9-4-6-11(18)10-15(20)21/h11H,2-10H2,1H3,(H,20,21). The first kappa shape index (κ1) is 16.5. The molecule has 7 heteroatoms. The molecular weight excluding hydrogens is 286 g/mol. The molecule has 1 aliphatic heterocycles. The Kier molecular flexibility index (Phi) is 5.91. The molecule has 2 rings (SSSR count). The molecule has 1 aliphatic rings. The van der Waals surface area contributed by atoms with Crippen LogP contribution in [-0.4, -0.2) is 44.6 Å². The first-order valence-electron chi connectivity index (χ1n) is 7.93. The molecule has 0 bridgehead atoms. The summed E-state index contributed by atoms with van der Waals surface area (Å²) in [6.45, 7) is 2.72. The maximum absolute atomic E-state index is 12.2. The fourth-order valence-corrected chi connectivity index (χ4v) is 2.83. The second kappa shape index (κ2) is 7.91. The minimum absolute atomic E-state index is 0.0250. The summed E-state index contributed by atoms with van der Waals surface area (Å²) in [5.41, 5.74) is 0. The predicted molar refractivity (Wildman–Crippen MR) is 78.2 cm³/mol. The molecule has 1 amide bonds. The number of aryl methyl sites for hydroxylation is 2. The van der Waals surface area contributed by atoms with E-state index in [0.29, 0.717) is 37.5 Å². The van der Waals surface area contributed by atoms with Crippen LogP contribution >= 0.6 is 0 Å². The fourth-order valence-electron chi connectivity index (χ4n) is 2.83. The summed E-state index contributed by atoms with van der Waals surface area (Å²) in [6, 6.07) is -0.149. The van der Waals surface area contributed by atoms with Gasteiger partial charge in [0.2, 0.25) is 11.8 Å². The summed E-state index contributed by atoms with van der Waals surface area (Å²) in [6.07, 6.45) is 5.08. The van der Waals surface area contributed by atoms with Crippen LogP contribution < -0.4 is 0 Å². The van der Waals surface area contributed by atoms with Crippen molar-refractivity contribution < 1.29 is 19.2 Å². The molecule has 0 aliphatic carbocycles. The van der Waals surface area contributed by atoms with Crippen LogP contribution in [0.4, 0.5) is 0 Å².